The van der Waals surface area contributed by atoms with Crippen molar-refractivity contribution in [3.8, 4) is 10.4 Å². The maximum atomic E-state index is 12.8. The summed E-state index contributed by atoms with van der Waals surface area (Å²) in [6, 6.07) is 15.9. The molecule has 3 nitrogen and oxygen atoms in total. The molecule has 0 saturated carbocycles. The molecule has 2 aromatic carbocycles. The minimum Gasteiger partial charge on any atom is -0.288 e. The van der Waals surface area contributed by atoms with Crippen LogP contribution in [0.3, 0.4) is 0 Å². The van der Waals surface area contributed by atoms with Gasteiger partial charge in [-0.1, -0.05) is 30.3 Å². The molecule has 0 radical (unpaired) electrons. The van der Waals surface area contributed by atoms with E-state index < -0.39 is 0 Å². The predicted molar refractivity (Wildman–Crippen MR) is 115 cm³/mol. The van der Waals surface area contributed by atoms with Crippen LogP contribution in [-0.2, 0) is 0 Å². The summed E-state index contributed by atoms with van der Waals surface area (Å²) >= 11 is 3.13. The average Bonchev–Trinajstić information content (AvgIpc) is 3.31. The summed E-state index contributed by atoms with van der Waals surface area (Å²) in [5.74, 6) is -0.404. The lowest BCUT2D eigenvalue weighted by atomic mass is 10.0. The third-order valence-electron chi connectivity index (χ3n) is 5.04. The first-order valence-electron chi connectivity index (χ1n) is 8.89. The Morgan fingerprint density at radius 2 is 1.50 bits per heavy atom. The zero-order chi connectivity index (χ0) is 19.4. The van der Waals surface area contributed by atoms with E-state index in [4.69, 9.17) is 0 Å². The lowest BCUT2D eigenvalue weighted by molar-refractivity contribution is 0.0990. The zero-order valence-electron chi connectivity index (χ0n) is 15.3. The third-order valence-corrected chi connectivity index (χ3v) is 7.20. The summed E-state index contributed by atoms with van der Waals surface area (Å²) in [7, 11) is 0. The summed E-state index contributed by atoms with van der Waals surface area (Å²) in [6.45, 7) is 3.91. The van der Waals surface area contributed by atoms with Gasteiger partial charge in [0.1, 0.15) is 9.84 Å². The van der Waals surface area contributed by atoms with Crippen molar-refractivity contribution >= 4 is 49.8 Å². The van der Waals surface area contributed by atoms with E-state index in [1.165, 1.54) is 21.8 Å². The van der Waals surface area contributed by atoms with Gasteiger partial charge in [0.2, 0.25) is 0 Å². The van der Waals surface area contributed by atoms with Crippen LogP contribution in [0.25, 0.3) is 26.0 Å². The van der Waals surface area contributed by atoms with Crippen LogP contribution in [0, 0.1) is 13.8 Å². The van der Waals surface area contributed by atoms with E-state index >= 15 is 0 Å². The fraction of sp³-hybridized carbons (Fsp3) is 0.0870. The highest BCUT2D eigenvalue weighted by Crippen LogP contribution is 2.37. The second-order valence-corrected chi connectivity index (χ2v) is 8.99. The van der Waals surface area contributed by atoms with Crippen LogP contribution in [0.4, 0.5) is 0 Å². The van der Waals surface area contributed by atoms with E-state index in [2.05, 4.69) is 23.2 Å². The van der Waals surface area contributed by atoms with Crippen LogP contribution >= 0.6 is 22.7 Å². The lowest BCUT2D eigenvalue weighted by Crippen LogP contribution is -2.00. The molecule has 0 aliphatic heterocycles. The van der Waals surface area contributed by atoms with Crippen LogP contribution in [0.5, 0.6) is 0 Å². The molecular formula is C23H15NO2S2. The predicted octanol–water partition coefficient (Wildman–Crippen LogP) is 6.10. The van der Waals surface area contributed by atoms with E-state index in [9.17, 15) is 9.59 Å². The number of thiazole rings is 1. The van der Waals surface area contributed by atoms with Gasteiger partial charge in [-0.3, -0.25) is 9.59 Å². The van der Waals surface area contributed by atoms with E-state index in [1.54, 1.807) is 17.4 Å². The fourth-order valence-corrected chi connectivity index (χ4v) is 5.57. The molecule has 5 heteroatoms. The summed E-state index contributed by atoms with van der Waals surface area (Å²) in [4.78, 5) is 32.3. The Kier molecular flexibility index (Phi) is 3.89. The number of aryl methyl sites for hydroxylation is 2. The molecule has 0 bridgehead atoms. The Hall–Kier alpha value is -2.89. The van der Waals surface area contributed by atoms with Gasteiger partial charge < -0.3 is 0 Å². The molecule has 2 heterocycles. The van der Waals surface area contributed by atoms with Gasteiger partial charge in [-0.25, -0.2) is 4.98 Å². The number of allylic oxidation sites excluding steroid dienone is 1. The number of ketones is 2. The van der Waals surface area contributed by atoms with Gasteiger partial charge in [0.25, 0.3) is 0 Å². The number of carbonyl (C=O) groups excluding carboxylic acids is 2. The number of aromatic nitrogens is 1. The van der Waals surface area contributed by atoms with Gasteiger partial charge in [-0.15, -0.1) is 22.7 Å². The quantitative estimate of drug-likeness (QED) is 0.301. The van der Waals surface area contributed by atoms with Crippen LogP contribution in [0.1, 0.15) is 36.9 Å². The minimum absolute atomic E-state index is 0.202. The van der Waals surface area contributed by atoms with Crippen molar-refractivity contribution in [3.05, 3.63) is 81.4 Å². The number of fused-ring (bicyclic) bond motifs is 2. The van der Waals surface area contributed by atoms with Gasteiger partial charge in [0.15, 0.2) is 11.6 Å². The first-order valence-corrected chi connectivity index (χ1v) is 10.5. The summed E-state index contributed by atoms with van der Waals surface area (Å²) < 4.78 is 1.07. The minimum atomic E-state index is -0.202. The van der Waals surface area contributed by atoms with Gasteiger partial charge in [0.05, 0.1) is 10.3 Å². The third kappa shape index (κ3) is 2.66. The number of benzene rings is 2. The van der Waals surface area contributed by atoms with Crippen molar-refractivity contribution in [2.75, 3.05) is 0 Å². The van der Waals surface area contributed by atoms with Crippen molar-refractivity contribution in [2.24, 2.45) is 0 Å². The van der Waals surface area contributed by atoms with Crippen LogP contribution in [-0.4, -0.2) is 16.6 Å². The first kappa shape index (κ1) is 17.2. The highest BCUT2D eigenvalue weighted by atomic mass is 32.1. The second kappa shape index (κ2) is 6.33. The molecule has 4 aromatic rings. The highest BCUT2D eigenvalue weighted by Gasteiger charge is 2.33. The topological polar surface area (TPSA) is 47.0 Å². The normalized spacial score (nSPS) is 13.4. The number of rotatable bonds is 2. The number of nitrogens with zero attached hydrogens (tertiary/aromatic N) is 1. The van der Waals surface area contributed by atoms with Gasteiger partial charge in [-0.05, 0) is 54.8 Å². The Balaban J connectivity index is 1.53. The molecule has 2 aromatic heterocycles. The van der Waals surface area contributed by atoms with Gasteiger partial charge in [-0.2, -0.15) is 0 Å². The van der Waals surface area contributed by atoms with E-state index in [0.29, 0.717) is 16.1 Å². The van der Waals surface area contributed by atoms with Crippen LogP contribution in [0.15, 0.2) is 54.1 Å². The molecule has 0 unspecified atom stereocenters. The summed E-state index contributed by atoms with van der Waals surface area (Å²) in [5.41, 5.74) is 4.42. The van der Waals surface area contributed by atoms with Crippen molar-refractivity contribution < 1.29 is 9.59 Å². The molecule has 1 aliphatic carbocycles. The largest absolute Gasteiger partial charge is 0.288 e. The van der Waals surface area contributed by atoms with Crippen molar-refractivity contribution in [3.63, 3.8) is 0 Å². The Bertz CT molecular complexity index is 1230. The molecule has 0 N–H and O–H groups in total. The monoisotopic (exact) mass is 401 g/mol. The van der Waals surface area contributed by atoms with Gasteiger partial charge >= 0.3 is 0 Å². The first-order chi connectivity index (χ1) is 13.5. The molecule has 136 valence electrons. The van der Waals surface area contributed by atoms with Crippen LogP contribution in [0.2, 0.25) is 0 Å². The SMILES string of the molecule is Cc1cc2c(cc1C)C(=O)C(=Cc1nc3sc(-c4ccccc4)cc3s1)C2=O. The smallest absolute Gasteiger partial charge is 0.197 e. The number of Topliss-reactive ketones (excluding diaryl/α,β-unsaturated/α-hetero) is 2. The van der Waals surface area contributed by atoms with E-state index in [0.717, 1.165) is 20.7 Å². The Morgan fingerprint density at radius 1 is 0.857 bits per heavy atom. The summed E-state index contributed by atoms with van der Waals surface area (Å²) in [5, 5.41) is 0.693. The van der Waals surface area contributed by atoms with Crippen molar-refractivity contribution in [2.45, 2.75) is 13.8 Å². The fourth-order valence-electron chi connectivity index (χ4n) is 3.40. The molecular weight excluding hydrogens is 386 g/mol. The van der Waals surface area contributed by atoms with Crippen molar-refractivity contribution in [1.82, 2.24) is 4.98 Å². The molecule has 0 atom stereocenters. The maximum Gasteiger partial charge on any atom is 0.197 e. The Morgan fingerprint density at radius 3 is 2.11 bits per heavy atom. The standard InChI is InChI=1S/C23H15NO2S2/c1-12-8-15-16(9-13(12)2)22(26)17(21(15)25)10-20-24-23-19(27-20)11-18(28-23)14-6-4-3-5-7-14/h3-11H,1-2H3. The van der Waals surface area contributed by atoms with Crippen LogP contribution < -0.4 is 0 Å². The van der Waals surface area contributed by atoms with Gasteiger partial charge in [0, 0.05) is 16.0 Å². The molecule has 0 amide bonds. The molecule has 1 aliphatic rings. The van der Waals surface area contributed by atoms with E-state index in [-0.39, 0.29) is 17.1 Å². The summed E-state index contributed by atoms with van der Waals surface area (Å²) in [6.07, 6.45) is 1.65. The Labute approximate surface area is 170 Å². The maximum absolute atomic E-state index is 12.8. The average molecular weight is 402 g/mol. The number of carbonyl (C=O) groups is 2. The number of thiophene rings is 1. The molecule has 0 saturated heterocycles. The lowest BCUT2D eigenvalue weighted by Gasteiger charge is -2.01. The molecule has 0 fully saturated rings. The van der Waals surface area contributed by atoms with Crippen molar-refractivity contribution in [1.29, 1.82) is 0 Å². The highest BCUT2D eigenvalue weighted by molar-refractivity contribution is 7.29. The zero-order valence-corrected chi connectivity index (χ0v) is 16.9. The molecule has 0 spiro atoms. The number of hydrogen-bond acceptors (Lipinski definition) is 5. The molecule has 5 rings (SSSR count). The second-order valence-electron chi connectivity index (χ2n) is 6.90. The van der Waals surface area contributed by atoms with E-state index in [1.807, 2.05) is 44.2 Å². The molecule has 28 heavy (non-hydrogen) atoms. The number of hydrogen-bond donors (Lipinski definition) is 0.